The number of carbonyl (C=O) groups excluding carboxylic acids is 3. The Bertz CT molecular complexity index is 536. The van der Waals surface area contributed by atoms with Gasteiger partial charge in [0.1, 0.15) is 18.1 Å². The Morgan fingerprint density at radius 3 is 2.76 bits per heavy atom. The number of hydrogen-bond donors (Lipinski definition) is 1. The number of furan rings is 1. The van der Waals surface area contributed by atoms with Gasteiger partial charge in [-0.2, -0.15) is 0 Å². The summed E-state index contributed by atoms with van der Waals surface area (Å²) in [7, 11) is 0. The van der Waals surface area contributed by atoms with Gasteiger partial charge in [0, 0.05) is 19.5 Å². The minimum Gasteiger partial charge on any atom is -0.464 e. The highest BCUT2D eigenvalue weighted by molar-refractivity contribution is 6.00. The predicted molar refractivity (Wildman–Crippen MR) is 74.3 cm³/mol. The molecule has 2 heterocycles. The van der Waals surface area contributed by atoms with E-state index in [1.165, 1.54) is 0 Å². The molecule has 4 amide bonds. The molecule has 0 aliphatic carbocycles. The summed E-state index contributed by atoms with van der Waals surface area (Å²) in [5, 5.41) is 2.55. The van der Waals surface area contributed by atoms with E-state index in [9.17, 15) is 14.4 Å². The molecule has 0 saturated carbocycles. The molecule has 2 rings (SSSR count). The van der Waals surface area contributed by atoms with Crippen molar-refractivity contribution < 1.29 is 18.8 Å². The van der Waals surface area contributed by atoms with Crippen molar-refractivity contribution in [2.75, 3.05) is 19.6 Å². The van der Waals surface area contributed by atoms with Gasteiger partial charge in [-0.3, -0.25) is 14.5 Å². The highest BCUT2D eigenvalue weighted by atomic mass is 16.3. The van der Waals surface area contributed by atoms with Crippen LogP contribution >= 0.6 is 0 Å². The van der Waals surface area contributed by atoms with Gasteiger partial charge in [-0.25, -0.2) is 4.79 Å². The first-order chi connectivity index (χ1) is 10.0. The van der Waals surface area contributed by atoms with Crippen molar-refractivity contribution >= 4 is 17.8 Å². The third-order valence-electron chi connectivity index (χ3n) is 3.33. The normalized spacial score (nSPS) is 15.0. The lowest BCUT2D eigenvalue weighted by Gasteiger charge is -2.28. The first-order valence-electron chi connectivity index (χ1n) is 6.92. The van der Waals surface area contributed by atoms with Crippen molar-refractivity contribution in [3.63, 3.8) is 0 Å². The van der Waals surface area contributed by atoms with Crippen LogP contribution in [0.25, 0.3) is 0 Å². The minimum atomic E-state index is -0.510. The molecular formula is C14H19N3O4. The Hall–Kier alpha value is -2.31. The van der Waals surface area contributed by atoms with Gasteiger partial charge in [-0.05, 0) is 26.0 Å². The largest absolute Gasteiger partial charge is 0.464 e. The molecule has 1 N–H and O–H groups in total. The first-order valence-corrected chi connectivity index (χ1v) is 6.92. The van der Waals surface area contributed by atoms with Gasteiger partial charge < -0.3 is 14.6 Å². The lowest BCUT2D eigenvalue weighted by atomic mass is 10.3. The van der Waals surface area contributed by atoms with E-state index < -0.39 is 6.03 Å². The third kappa shape index (κ3) is 3.62. The molecule has 0 atom stereocenters. The molecular weight excluding hydrogens is 274 g/mol. The zero-order valence-electron chi connectivity index (χ0n) is 12.2. The number of likely N-dealkylation sites (N-methyl/N-ethyl adjacent to an activating group) is 1. The lowest BCUT2D eigenvalue weighted by molar-refractivity contribution is -0.139. The highest BCUT2D eigenvalue weighted by Crippen LogP contribution is 2.10. The van der Waals surface area contributed by atoms with E-state index in [2.05, 4.69) is 5.32 Å². The summed E-state index contributed by atoms with van der Waals surface area (Å²) in [4.78, 5) is 38.1. The van der Waals surface area contributed by atoms with Gasteiger partial charge in [0.25, 0.3) is 0 Å². The maximum Gasteiger partial charge on any atom is 0.324 e. The maximum absolute atomic E-state index is 12.3. The van der Waals surface area contributed by atoms with Gasteiger partial charge in [0.15, 0.2) is 0 Å². The zero-order chi connectivity index (χ0) is 15.4. The average Bonchev–Trinajstić information content (AvgIpc) is 2.85. The molecule has 1 aromatic rings. The van der Waals surface area contributed by atoms with Crippen molar-refractivity contribution in [1.29, 1.82) is 0 Å². The van der Waals surface area contributed by atoms with Crippen molar-refractivity contribution in [1.82, 2.24) is 15.1 Å². The number of nitrogens with zero attached hydrogens (tertiary/aromatic N) is 2. The standard InChI is InChI=1S/C14H19N3O4/c1-3-16(8-11-5-4-10(2)21-11)13(19)9-17-12(18)6-7-15-14(17)20/h4-5H,3,6-9H2,1-2H3,(H,15,20). The Morgan fingerprint density at radius 1 is 1.43 bits per heavy atom. The third-order valence-corrected chi connectivity index (χ3v) is 3.33. The molecule has 0 spiro atoms. The Balaban J connectivity index is 1.99. The van der Waals surface area contributed by atoms with Gasteiger partial charge in [-0.1, -0.05) is 0 Å². The summed E-state index contributed by atoms with van der Waals surface area (Å²) in [6.07, 6.45) is 0.225. The van der Waals surface area contributed by atoms with Crippen LogP contribution < -0.4 is 5.32 Å². The van der Waals surface area contributed by atoms with E-state index in [-0.39, 0.29) is 24.8 Å². The summed E-state index contributed by atoms with van der Waals surface area (Å²) in [6, 6.07) is 3.13. The van der Waals surface area contributed by atoms with Crippen LogP contribution in [0.3, 0.4) is 0 Å². The van der Waals surface area contributed by atoms with Crippen LogP contribution in [0.5, 0.6) is 0 Å². The fourth-order valence-electron chi connectivity index (χ4n) is 2.15. The number of hydrogen-bond acceptors (Lipinski definition) is 4. The smallest absolute Gasteiger partial charge is 0.324 e. The fraction of sp³-hybridized carbons (Fsp3) is 0.500. The van der Waals surface area contributed by atoms with Crippen molar-refractivity contribution in [3.8, 4) is 0 Å². The summed E-state index contributed by atoms with van der Waals surface area (Å²) in [6.45, 7) is 4.56. The topological polar surface area (TPSA) is 82.9 Å². The van der Waals surface area contributed by atoms with E-state index in [0.717, 1.165) is 10.7 Å². The summed E-state index contributed by atoms with van der Waals surface area (Å²) in [5.41, 5.74) is 0. The van der Waals surface area contributed by atoms with Gasteiger partial charge >= 0.3 is 6.03 Å². The molecule has 7 heteroatoms. The average molecular weight is 293 g/mol. The quantitative estimate of drug-likeness (QED) is 0.873. The number of urea groups is 1. The number of rotatable bonds is 5. The van der Waals surface area contributed by atoms with Crippen molar-refractivity contribution in [3.05, 3.63) is 23.7 Å². The van der Waals surface area contributed by atoms with Crippen LogP contribution in [0, 0.1) is 6.92 Å². The number of amides is 4. The molecule has 1 fully saturated rings. The van der Waals surface area contributed by atoms with Gasteiger partial charge in [0.05, 0.1) is 6.54 Å². The minimum absolute atomic E-state index is 0.225. The number of carbonyl (C=O) groups is 3. The van der Waals surface area contributed by atoms with Crippen LogP contribution in [-0.2, 0) is 16.1 Å². The molecule has 0 aromatic carbocycles. The molecule has 1 aliphatic heterocycles. The van der Waals surface area contributed by atoms with Crippen molar-refractivity contribution in [2.24, 2.45) is 0 Å². The van der Waals surface area contributed by atoms with Crippen molar-refractivity contribution in [2.45, 2.75) is 26.8 Å². The van der Waals surface area contributed by atoms with Crippen LogP contribution in [0.2, 0.25) is 0 Å². The first kappa shape index (κ1) is 15.1. The molecule has 1 aromatic heterocycles. The Labute approximate surface area is 122 Å². The second-order valence-electron chi connectivity index (χ2n) is 4.88. The van der Waals surface area contributed by atoms with Crippen LogP contribution in [-0.4, -0.2) is 47.3 Å². The number of nitrogens with one attached hydrogen (secondary N) is 1. The molecule has 21 heavy (non-hydrogen) atoms. The highest BCUT2D eigenvalue weighted by Gasteiger charge is 2.29. The molecule has 114 valence electrons. The molecule has 0 bridgehead atoms. The van der Waals surface area contributed by atoms with Crippen LogP contribution in [0.1, 0.15) is 24.9 Å². The predicted octanol–water partition coefficient (Wildman–Crippen LogP) is 0.878. The number of imide groups is 1. The van der Waals surface area contributed by atoms with Gasteiger partial charge in [-0.15, -0.1) is 0 Å². The van der Waals surface area contributed by atoms with Crippen LogP contribution in [0.4, 0.5) is 4.79 Å². The molecule has 7 nitrogen and oxygen atoms in total. The second-order valence-corrected chi connectivity index (χ2v) is 4.88. The molecule has 0 unspecified atom stereocenters. The van der Waals surface area contributed by atoms with E-state index >= 15 is 0 Å². The van der Waals surface area contributed by atoms with E-state index in [0.29, 0.717) is 25.4 Å². The molecule has 0 radical (unpaired) electrons. The SMILES string of the molecule is CCN(Cc1ccc(C)o1)C(=O)CN1C(=O)CCNC1=O. The lowest BCUT2D eigenvalue weighted by Crippen LogP contribution is -2.53. The summed E-state index contributed by atoms with van der Waals surface area (Å²) < 4.78 is 5.44. The zero-order valence-corrected chi connectivity index (χ0v) is 12.2. The molecule has 1 aliphatic rings. The van der Waals surface area contributed by atoms with Gasteiger partial charge in [0.2, 0.25) is 11.8 Å². The second kappa shape index (κ2) is 6.43. The summed E-state index contributed by atoms with van der Waals surface area (Å²) >= 11 is 0. The monoisotopic (exact) mass is 293 g/mol. The van der Waals surface area contributed by atoms with E-state index in [4.69, 9.17) is 4.42 Å². The fourth-order valence-corrected chi connectivity index (χ4v) is 2.15. The van der Waals surface area contributed by atoms with E-state index in [1.807, 2.05) is 26.0 Å². The van der Waals surface area contributed by atoms with Crippen LogP contribution in [0.15, 0.2) is 16.5 Å². The molecule has 1 saturated heterocycles. The maximum atomic E-state index is 12.3. The van der Waals surface area contributed by atoms with E-state index in [1.54, 1.807) is 4.90 Å². The summed E-state index contributed by atoms with van der Waals surface area (Å²) in [5.74, 6) is 0.852. The Morgan fingerprint density at radius 2 is 2.19 bits per heavy atom. The Kier molecular flexibility index (Phi) is 4.62. The number of aryl methyl sites for hydroxylation is 1.